The summed E-state index contributed by atoms with van der Waals surface area (Å²) in [5, 5.41) is 0. The average molecular weight is 209 g/mol. The predicted octanol–water partition coefficient (Wildman–Crippen LogP) is 3.98. The Hall–Kier alpha value is -0.0400. The van der Waals surface area contributed by atoms with Gasteiger partial charge < -0.3 is 0 Å². The average Bonchev–Trinajstić information content (AvgIpc) is 3.02. The van der Waals surface area contributed by atoms with Crippen LogP contribution in [-0.2, 0) is 0 Å². The maximum atomic E-state index is 2.70. The van der Waals surface area contributed by atoms with Crippen LogP contribution >= 0.6 is 0 Å². The van der Waals surface area contributed by atoms with Crippen molar-refractivity contribution in [2.45, 2.75) is 76.7 Å². The van der Waals surface area contributed by atoms with E-state index in [2.05, 4.69) is 11.8 Å². The summed E-state index contributed by atoms with van der Waals surface area (Å²) >= 11 is 0. The minimum absolute atomic E-state index is 0.574. The third-order valence-electron chi connectivity index (χ3n) is 4.39. The molecule has 0 atom stereocenters. The summed E-state index contributed by atoms with van der Waals surface area (Å²) in [5.74, 6) is 0. The Labute approximate surface area is 95.2 Å². The highest BCUT2D eigenvalue weighted by molar-refractivity contribution is 4.93. The van der Waals surface area contributed by atoms with E-state index in [-0.39, 0.29) is 0 Å². The van der Waals surface area contributed by atoms with Gasteiger partial charge in [0.15, 0.2) is 0 Å². The van der Waals surface area contributed by atoms with E-state index < -0.39 is 0 Å². The van der Waals surface area contributed by atoms with Crippen LogP contribution in [0.5, 0.6) is 0 Å². The van der Waals surface area contributed by atoms with Crippen molar-refractivity contribution in [3.05, 3.63) is 0 Å². The summed E-state index contributed by atoms with van der Waals surface area (Å²) in [6.45, 7) is 5.25. The summed E-state index contributed by atoms with van der Waals surface area (Å²) in [4.78, 5) is 2.70. The van der Waals surface area contributed by atoms with E-state index in [1.165, 1.54) is 77.3 Å². The molecular weight excluding hydrogens is 182 g/mol. The molecule has 15 heavy (non-hydrogen) atoms. The van der Waals surface area contributed by atoms with Crippen LogP contribution in [0.3, 0.4) is 0 Å². The summed E-state index contributed by atoms with van der Waals surface area (Å²) < 4.78 is 0. The molecule has 0 spiro atoms. The molecule has 0 aromatic carbocycles. The van der Waals surface area contributed by atoms with Gasteiger partial charge in [-0.2, -0.15) is 0 Å². The molecule has 1 heteroatoms. The Morgan fingerprint density at radius 2 is 1.07 bits per heavy atom. The van der Waals surface area contributed by atoms with Gasteiger partial charge in [-0.25, -0.2) is 0 Å². The summed E-state index contributed by atoms with van der Waals surface area (Å²) in [7, 11) is 0. The highest BCUT2D eigenvalue weighted by atomic mass is 15.3. The molecule has 1 aliphatic heterocycles. The fraction of sp³-hybridized carbons (Fsp3) is 1.00. The normalized spacial score (nSPS) is 29.4. The van der Waals surface area contributed by atoms with Gasteiger partial charge in [-0.15, -0.1) is 0 Å². The molecule has 2 rings (SSSR count). The van der Waals surface area contributed by atoms with Crippen LogP contribution in [-0.4, -0.2) is 23.5 Å². The molecule has 0 aromatic heterocycles. The quantitative estimate of drug-likeness (QED) is 0.590. The van der Waals surface area contributed by atoms with Gasteiger partial charge in [-0.3, -0.25) is 4.90 Å². The van der Waals surface area contributed by atoms with Crippen LogP contribution in [0.2, 0.25) is 0 Å². The van der Waals surface area contributed by atoms with Crippen molar-refractivity contribution in [2.24, 2.45) is 0 Å². The number of hydrogen-bond acceptors (Lipinski definition) is 1. The van der Waals surface area contributed by atoms with Crippen LogP contribution in [0.4, 0.5) is 0 Å². The molecule has 0 amide bonds. The minimum atomic E-state index is 0.574. The maximum Gasteiger partial charge on any atom is 0.0182 e. The molecule has 1 heterocycles. The molecule has 0 bridgehead atoms. The first-order valence-corrected chi connectivity index (χ1v) is 7.06. The first-order chi connectivity index (χ1) is 7.31. The number of hydrogen-bond donors (Lipinski definition) is 0. The Morgan fingerprint density at radius 1 is 0.667 bits per heavy atom. The summed E-state index contributed by atoms with van der Waals surface area (Å²) in [5.41, 5.74) is 0.574. The third kappa shape index (κ3) is 3.48. The van der Waals surface area contributed by atoms with Crippen LogP contribution in [0.15, 0.2) is 0 Å². The van der Waals surface area contributed by atoms with Crippen molar-refractivity contribution in [3.8, 4) is 0 Å². The maximum absolute atomic E-state index is 2.70. The predicted molar refractivity (Wildman–Crippen MR) is 66.1 cm³/mol. The lowest BCUT2D eigenvalue weighted by atomic mass is 9.88. The molecule has 2 fully saturated rings. The largest absolute Gasteiger partial charge is 0.295 e. The van der Waals surface area contributed by atoms with E-state index in [9.17, 15) is 0 Å². The zero-order valence-corrected chi connectivity index (χ0v) is 10.4. The second-order valence-electron chi connectivity index (χ2n) is 5.81. The zero-order valence-electron chi connectivity index (χ0n) is 10.4. The smallest absolute Gasteiger partial charge is 0.0182 e. The number of nitrogens with zero attached hydrogens (tertiary/aromatic N) is 1. The monoisotopic (exact) mass is 209 g/mol. The molecule has 0 N–H and O–H groups in total. The molecule has 1 saturated heterocycles. The SMILES string of the molecule is CC1(N2CC2)CCCCCCCCCC1. The van der Waals surface area contributed by atoms with Crippen molar-refractivity contribution in [1.29, 1.82) is 0 Å². The van der Waals surface area contributed by atoms with E-state index in [1.54, 1.807) is 0 Å². The lowest BCUT2D eigenvalue weighted by Crippen LogP contribution is -2.34. The topological polar surface area (TPSA) is 3.01 Å². The minimum Gasteiger partial charge on any atom is -0.295 e. The van der Waals surface area contributed by atoms with Crippen LogP contribution in [0.25, 0.3) is 0 Å². The lowest BCUT2D eigenvalue weighted by Gasteiger charge is -2.31. The van der Waals surface area contributed by atoms with E-state index >= 15 is 0 Å². The van der Waals surface area contributed by atoms with Gasteiger partial charge in [0, 0.05) is 18.6 Å². The Morgan fingerprint density at radius 3 is 1.47 bits per heavy atom. The molecule has 0 radical (unpaired) electrons. The fourth-order valence-electron chi connectivity index (χ4n) is 3.10. The molecule has 2 aliphatic rings. The van der Waals surface area contributed by atoms with Gasteiger partial charge in [0.1, 0.15) is 0 Å². The van der Waals surface area contributed by atoms with Gasteiger partial charge in [0.25, 0.3) is 0 Å². The molecule has 0 aromatic rings. The third-order valence-corrected chi connectivity index (χ3v) is 4.39. The van der Waals surface area contributed by atoms with Gasteiger partial charge in [-0.1, -0.05) is 51.4 Å². The number of rotatable bonds is 1. The molecular formula is C14H27N. The fourth-order valence-corrected chi connectivity index (χ4v) is 3.10. The van der Waals surface area contributed by atoms with Crippen LogP contribution in [0.1, 0.15) is 71.1 Å². The van der Waals surface area contributed by atoms with Gasteiger partial charge >= 0.3 is 0 Å². The first-order valence-electron chi connectivity index (χ1n) is 7.06. The molecule has 0 unspecified atom stereocenters. The van der Waals surface area contributed by atoms with Crippen LogP contribution in [0, 0.1) is 0 Å². The van der Waals surface area contributed by atoms with Crippen molar-refractivity contribution in [2.75, 3.05) is 13.1 Å². The molecule has 88 valence electrons. The van der Waals surface area contributed by atoms with Gasteiger partial charge in [0.05, 0.1) is 0 Å². The van der Waals surface area contributed by atoms with Crippen molar-refractivity contribution >= 4 is 0 Å². The zero-order chi connectivity index (χ0) is 10.6. The highest BCUT2D eigenvalue weighted by Crippen LogP contribution is 2.34. The molecule has 1 aliphatic carbocycles. The molecule has 1 saturated carbocycles. The lowest BCUT2D eigenvalue weighted by molar-refractivity contribution is 0.205. The summed E-state index contributed by atoms with van der Waals surface area (Å²) in [6, 6.07) is 0. The van der Waals surface area contributed by atoms with Crippen LogP contribution < -0.4 is 0 Å². The van der Waals surface area contributed by atoms with E-state index in [4.69, 9.17) is 0 Å². The standard InChI is InChI=1S/C14H27N/c1-14(15-12-13-15)10-8-6-4-2-3-5-7-9-11-14/h2-13H2,1H3. The van der Waals surface area contributed by atoms with Crippen molar-refractivity contribution < 1.29 is 0 Å². The van der Waals surface area contributed by atoms with Crippen molar-refractivity contribution in [3.63, 3.8) is 0 Å². The van der Waals surface area contributed by atoms with Crippen molar-refractivity contribution in [1.82, 2.24) is 4.90 Å². The van der Waals surface area contributed by atoms with E-state index in [0.717, 1.165) is 0 Å². The molecule has 1 nitrogen and oxygen atoms in total. The first kappa shape index (κ1) is 11.4. The Kier molecular flexibility index (Phi) is 4.07. The second kappa shape index (κ2) is 5.34. The Balaban J connectivity index is 1.84. The van der Waals surface area contributed by atoms with E-state index in [0.29, 0.717) is 5.54 Å². The Bertz CT molecular complexity index is 172. The van der Waals surface area contributed by atoms with E-state index in [1.807, 2.05) is 0 Å². The summed E-state index contributed by atoms with van der Waals surface area (Å²) in [6.07, 6.45) is 14.7. The van der Waals surface area contributed by atoms with Gasteiger partial charge in [0.2, 0.25) is 0 Å². The second-order valence-corrected chi connectivity index (χ2v) is 5.81. The highest BCUT2D eigenvalue weighted by Gasteiger charge is 2.37. The van der Waals surface area contributed by atoms with Gasteiger partial charge in [-0.05, 0) is 19.8 Å².